The van der Waals surface area contributed by atoms with Crippen LogP contribution in [0.25, 0.3) is 0 Å². The van der Waals surface area contributed by atoms with Crippen LogP contribution in [-0.4, -0.2) is 16.9 Å². The molecule has 16 heavy (non-hydrogen) atoms. The van der Waals surface area contributed by atoms with Crippen LogP contribution in [0.5, 0.6) is 0 Å². The third-order valence-electron chi connectivity index (χ3n) is 2.94. The minimum Gasteiger partial charge on any atom is -0.384 e. The summed E-state index contributed by atoms with van der Waals surface area (Å²) >= 11 is 0. The number of carbonyl (C=O) groups excluding carboxylic acids is 1. The maximum absolute atomic E-state index is 11.8. The maximum Gasteiger partial charge on any atom is 0.251 e. The van der Waals surface area contributed by atoms with Crippen molar-refractivity contribution in [3.8, 4) is 0 Å². The monoisotopic (exact) mass is 219 g/mol. The van der Waals surface area contributed by atoms with Gasteiger partial charge in [0.15, 0.2) is 0 Å². The summed E-state index contributed by atoms with van der Waals surface area (Å²) in [5.74, 6) is 1.01. The smallest absolute Gasteiger partial charge is 0.251 e. The van der Waals surface area contributed by atoms with Crippen LogP contribution in [0.4, 0.5) is 5.82 Å². The van der Waals surface area contributed by atoms with Crippen LogP contribution in [-0.2, 0) is 0 Å². The number of rotatable bonds is 4. The summed E-state index contributed by atoms with van der Waals surface area (Å²) in [6, 6.07) is 3.65. The summed E-state index contributed by atoms with van der Waals surface area (Å²) in [7, 11) is 0. The topological polar surface area (TPSA) is 68.0 Å². The molecule has 0 radical (unpaired) electrons. The Bertz CT molecular complexity index is 392. The van der Waals surface area contributed by atoms with E-state index < -0.39 is 0 Å². The van der Waals surface area contributed by atoms with E-state index in [0.717, 1.165) is 6.42 Å². The van der Waals surface area contributed by atoms with E-state index in [-0.39, 0.29) is 5.91 Å². The third-order valence-corrected chi connectivity index (χ3v) is 2.94. The van der Waals surface area contributed by atoms with E-state index in [1.165, 1.54) is 12.8 Å². The van der Waals surface area contributed by atoms with Gasteiger partial charge in [-0.05, 0) is 30.9 Å². The Morgan fingerprint density at radius 3 is 3.19 bits per heavy atom. The molecule has 1 fully saturated rings. The van der Waals surface area contributed by atoms with Crippen LogP contribution in [0, 0.1) is 5.92 Å². The molecule has 1 aromatic heterocycles. The number of aromatic nitrogens is 1. The Morgan fingerprint density at radius 1 is 1.69 bits per heavy atom. The van der Waals surface area contributed by atoms with Gasteiger partial charge < -0.3 is 11.1 Å². The number of anilines is 1. The van der Waals surface area contributed by atoms with Gasteiger partial charge in [-0.15, -0.1) is 0 Å². The number of nitrogen functional groups attached to an aromatic ring is 1. The maximum atomic E-state index is 11.8. The second-order valence-electron chi connectivity index (χ2n) is 4.33. The Morgan fingerprint density at radius 2 is 2.50 bits per heavy atom. The number of amides is 1. The second-order valence-corrected chi connectivity index (χ2v) is 4.33. The van der Waals surface area contributed by atoms with Crippen molar-refractivity contribution in [3.05, 3.63) is 23.9 Å². The summed E-state index contributed by atoms with van der Waals surface area (Å²) in [4.78, 5) is 15.7. The summed E-state index contributed by atoms with van der Waals surface area (Å²) in [5, 5.41) is 3.01. The number of nitrogens with one attached hydrogen (secondary N) is 1. The van der Waals surface area contributed by atoms with Crippen LogP contribution < -0.4 is 11.1 Å². The lowest BCUT2D eigenvalue weighted by molar-refractivity contribution is 0.0949. The Labute approximate surface area is 95.3 Å². The van der Waals surface area contributed by atoms with Crippen molar-refractivity contribution in [1.29, 1.82) is 0 Å². The lowest BCUT2D eigenvalue weighted by atomic mass is 10.2. The van der Waals surface area contributed by atoms with E-state index in [1.807, 2.05) is 0 Å². The molecular weight excluding hydrogens is 202 g/mol. The van der Waals surface area contributed by atoms with E-state index in [4.69, 9.17) is 5.73 Å². The van der Waals surface area contributed by atoms with Crippen molar-refractivity contribution in [2.45, 2.75) is 32.2 Å². The lowest BCUT2D eigenvalue weighted by Gasteiger charge is -2.04. The highest BCUT2D eigenvalue weighted by molar-refractivity contribution is 5.95. The van der Waals surface area contributed by atoms with E-state index in [9.17, 15) is 4.79 Å². The molecule has 1 heterocycles. The van der Waals surface area contributed by atoms with Gasteiger partial charge in [0, 0.05) is 17.8 Å². The lowest BCUT2D eigenvalue weighted by Crippen LogP contribution is -2.26. The van der Waals surface area contributed by atoms with Gasteiger partial charge in [0.05, 0.1) is 0 Å². The zero-order valence-electron chi connectivity index (χ0n) is 9.44. The Hall–Kier alpha value is -1.58. The summed E-state index contributed by atoms with van der Waals surface area (Å²) in [6.45, 7) is 2.17. The van der Waals surface area contributed by atoms with Crippen LogP contribution in [0.1, 0.15) is 36.5 Å². The van der Waals surface area contributed by atoms with Crippen LogP contribution in [0.3, 0.4) is 0 Å². The van der Waals surface area contributed by atoms with E-state index in [1.54, 1.807) is 18.3 Å². The minimum atomic E-state index is -0.0438. The van der Waals surface area contributed by atoms with Crippen molar-refractivity contribution in [2.24, 2.45) is 5.92 Å². The fraction of sp³-hybridized carbons (Fsp3) is 0.500. The van der Waals surface area contributed by atoms with Crippen molar-refractivity contribution in [2.75, 3.05) is 5.73 Å². The molecule has 4 heteroatoms. The van der Waals surface area contributed by atoms with Gasteiger partial charge in [-0.3, -0.25) is 4.79 Å². The Kier molecular flexibility index (Phi) is 3.08. The highest BCUT2D eigenvalue weighted by Crippen LogP contribution is 2.34. The zero-order valence-corrected chi connectivity index (χ0v) is 9.44. The van der Waals surface area contributed by atoms with Gasteiger partial charge in [0.2, 0.25) is 0 Å². The molecular formula is C12H17N3O. The highest BCUT2D eigenvalue weighted by Gasteiger charge is 2.37. The first kappa shape index (κ1) is 10.9. The Balaban J connectivity index is 1.90. The van der Waals surface area contributed by atoms with Gasteiger partial charge in [-0.25, -0.2) is 4.98 Å². The first-order chi connectivity index (χ1) is 7.70. The van der Waals surface area contributed by atoms with Crippen LogP contribution in [0.2, 0.25) is 0 Å². The van der Waals surface area contributed by atoms with Crippen molar-refractivity contribution in [1.82, 2.24) is 10.3 Å². The molecule has 2 unspecified atom stereocenters. The molecule has 0 aliphatic heterocycles. The zero-order chi connectivity index (χ0) is 11.5. The molecule has 0 bridgehead atoms. The van der Waals surface area contributed by atoms with Gasteiger partial charge >= 0.3 is 0 Å². The second kappa shape index (κ2) is 4.51. The van der Waals surface area contributed by atoms with Gasteiger partial charge in [0.1, 0.15) is 5.82 Å². The first-order valence-electron chi connectivity index (χ1n) is 5.73. The SMILES string of the molecule is CCCC1CC1NC(=O)c1ccnc(N)c1. The molecule has 1 amide bonds. The molecule has 0 saturated heterocycles. The molecule has 1 saturated carbocycles. The molecule has 3 N–H and O–H groups in total. The van der Waals surface area contributed by atoms with Crippen molar-refractivity contribution < 1.29 is 4.79 Å². The average Bonchev–Trinajstić information content (AvgIpc) is 2.97. The van der Waals surface area contributed by atoms with Gasteiger partial charge in [-0.2, -0.15) is 0 Å². The van der Waals surface area contributed by atoms with Crippen LogP contribution >= 0.6 is 0 Å². The molecule has 1 aliphatic carbocycles. The molecule has 86 valence electrons. The standard InChI is InChI=1S/C12H17N3O/c1-2-3-8-6-10(8)15-12(16)9-4-5-14-11(13)7-9/h4-5,7-8,10H,2-3,6H2,1H3,(H2,13,14)(H,15,16). The molecule has 2 rings (SSSR count). The van der Waals surface area contributed by atoms with Crippen molar-refractivity contribution in [3.63, 3.8) is 0 Å². The average molecular weight is 219 g/mol. The fourth-order valence-corrected chi connectivity index (χ4v) is 1.96. The third kappa shape index (κ3) is 2.51. The number of nitrogens with zero attached hydrogens (tertiary/aromatic N) is 1. The number of carbonyl (C=O) groups is 1. The number of pyridine rings is 1. The number of nitrogens with two attached hydrogens (primary N) is 1. The summed E-state index contributed by atoms with van der Waals surface area (Å²) in [5.41, 5.74) is 6.12. The minimum absolute atomic E-state index is 0.0438. The quantitative estimate of drug-likeness (QED) is 0.808. The summed E-state index contributed by atoms with van der Waals surface area (Å²) < 4.78 is 0. The van der Waals surface area contributed by atoms with E-state index in [2.05, 4.69) is 17.2 Å². The van der Waals surface area contributed by atoms with E-state index in [0.29, 0.717) is 23.3 Å². The molecule has 2 atom stereocenters. The number of hydrogen-bond donors (Lipinski definition) is 2. The summed E-state index contributed by atoms with van der Waals surface area (Å²) in [6.07, 6.45) is 5.05. The van der Waals surface area contributed by atoms with Gasteiger partial charge in [-0.1, -0.05) is 13.3 Å². The van der Waals surface area contributed by atoms with Crippen molar-refractivity contribution >= 4 is 11.7 Å². The first-order valence-corrected chi connectivity index (χ1v) is 5.73. The van der Waals surface area contributed by atoms with Crippen LogP contribution in [0.15, 0.2) is 18.3 Å². The highest BCUT2D eigenvalue weighted by atomic mass is 16.1. The molecule has 1 aromatic rings. The predicted molar refractivity (Wildman–Crippen MR) is 62.9 cm³/mol. The fourth-order valence-electron chi connectivity index (χ4n) is 1.96. The largest absolute Gasteiger partial charge is 0.384 e. The number of hydrogen-bond acceptors (Lipinski definition) is 3. The predicted octanol–water partition coefficient (Wildman–Crippen LogP) is 1.58. The van der Waals surface area contributed by atoms with Gasteiger partial charge in [0.25, 0.3) is 5.91 Å². The van der Waals surface area contributed by atoms with E-state index >= 15 is 0 Å². The molecule has 0 spiro atoms. The molecule has 4 nitrogen and oxygen atoms in total. The molecule has 1 aliphatic rings. The molecule has 0 aromatic carbocycles. The normalized spacial score (nSPS) is 22.8.